The third-order valence-electron chi connectivity index (χ3n) is 4.88. The van der Waals surface area contributed by atoms with Gasteiger partial charge in [-0.1, -0.05) is 44.2 Å². The fourth-order valence-electron chi connectivity index (χ4n) is 3.84. The largest absolute Gasteiger partial charge is 0.308 e. The molecule has 0 unspecified atom stereocenters. The van der Waals surface area contributed by atoms with Gasteiger partial charge in [-0.15, -0.1) is 0 Å². The lowest BCUT2D eigenvalue weighted by molar-refractivity contribution is 0.619. The van der Waals surface area contributed by atoms with Crippen LogP contribution in [0.5, 0.6) is 0 Å². The van der Waals surface area contributed by atoms with Crippen LogP contribution in [0.25, 0.3) is 0 Å². The third-order valence-corrected chi connectivity index (χ3v) is 4.88. The Morgan fingerprint density at radius 3 is 2.27 bits per heavy atom. The lowest BCUT2D eigenvalue weighted by atomic mass is 9.86. The van der Waals surface area contributed by atoms with Crippen molar-refractivity contribution in [3.05, 3.63) is 68.6 Å². The van der Waals surface area contributed by atoms with Crippen molar-refractivity contribution in [1.29, 1.82) is 0 Å². The van der Waals surface area contributed by atoms with Gasteiger partial charge in [-0.2, -0.15) is 0 Å². The van der Waals surface area contributed by atoms with Crippen LogP contribution in [0, 0.1) is 0 Å². The minimum Gasteiger partial charge on any atom is -0.308 e. The molecule has 0 aliphatic heterocycles. The van der Waals surface area contributed by atoms with E-state index in [1.807, 2.05) is 22.8 Å². The molecule has 0 amide bonds. The Morgan fingerprint density at radius 2 is 1.64 bits per heavy atom. The van der Waals surface area contributed by atoms with Crippen LogP contribution in [0.3, 0.4) is 0 Å². The molecule has 3 rings (SSSR count). The molecule has 0 saturated carbocycles. The van der Waals surface area contributed by atoms with Gasteiger partial charge in [0.2, 0.25) is 0 Å². The normalized spacial score (nSPS) is 13.9. The first-order valence-electron chi connectivity index (χ1n) is 8.56. The number of rotatable bonds is 4. The number of hydrogen-bond donors (Lipinski definition) is 0. The van der Waals surface area contributed by atoms with Gasteiger partial charge in [0.1, 0.15) is 0 Å². The Balaban J connectivity index is 2.18. The molecule has 1 heterocycles. The van der Waals surface area contributed by atoms with Crippen LogP contribution < -0.4 is 5.56 Å². The van der Waals surface area contributed by atoms with Crippen LogP contribution in [0.4, 0.5) is 0 Å². The minimum absolute atomic E-state index is 0.240. The van der Waals surface area contributed by atoms with Crippen molar-refractivity contribution in [2.24, 2.45) is 0 Å². The molecule has 1 aromatic carbocycles. The molecule has 1 aromatic heterocycles. The number of aromatic nitrogens is 1. The molecule has 0 N–H and O–H groups in total. The average Bonchev–Trinajstić information content (AvgIpc) is 2.57. The molecular formula is C20H25NO. The Bertz CT molecular complexity index is 713. The van der Waals surface area contributed by atoms with Gasteiger partial charge >= 0.3 is 0 Å². The van der Waals surface area contributed by atoms with E-state index in [4.69, 9.17) is 0 Å². The summed E-state index contributed by atoms with van der Waals surface area (Å²) in [5, 5.41) is 0. The Kier molecular flexibility index (Phi) is 4.47. The zero-order valence-electron chi connectivity index (χ0n) is 13.7. The van der Waals surface area contributed by atoms with Gasteiger partial charge < -0.3 is 4.57 Å². The van der Waals surface area contributed by atoms with Gasteiger partial charge in [-0.3, -0.25) is 4.79 Å². The van der Waals surface area contributed by atoms with Gasteiger partial charge in [0.25, 0.3) is 5.56 Å². The Labute approximate surface area is 132 Å². The van der Waals surface area contributed by atoms with E-state index in [9.17, 15) is 4.79 Å². The monoisotopic (exact) mass is 295 g/mol. The summed E-state index contributed by atoms with van der Waals surface area (Å²) in [4.78, 5) is 13.0. The molecule has 0 saturated heterocycles. The van der Waals surface area contributed by atoms with E-state index in [0.29, 0.717) is 6.54 Å². The van der Waals surface area contributed by atoms with E-state index in [2.05, 4.69) is 26.0 Å². The first kappa shape index (κ1) is 15.1. The number of fused-ring (bicyclic) bond motifs is 1. The topological polar surface area (TPSA) is 22.0 Å². The SMILES string of the molecule is CCc1c2c(c(CC)n(Cc3ccccc3)c1=O)CCCC2. The smallest absolute Gasteiger partial charge is 0.254 e. The maximum Gasteiger partial charge on any atom is 0.254 e. The van der Waals surface area contributed by atoms with Crippen LogP contribution in [-0.2, 0) is 32.2 Å². The summed E-state index contributed by atoms with van der Waals surface area (Å²) in [6, 6.07) is 10.3. The van der Waals surface area contributed by atoms with Crippen LogP contribution in [-0.4, -0.2) is 4.57 Å². The first-order valence-corrected chi connectivity index (χ1v) is 8.56. The molecule has 0 fully saturated rings. The maximum atomic E-state index is 13.0. The standard InChI is InChI=1S/C20H25NO/c1-3-16-17-12-8-9-13-18(17)19(4-2)21(20(16)22)14-15-10-6-5-7-11-15/h5-7,10-11H,3-4,8-9,12-14H2,1-2H3. The molecule has 116 valence electrons. The molecule has 1 aliphatic carbocycles. The lowest BCUT2D eigenvalue weighted by Gasteiger charge is -2.25. The molecule has 2 aromatic rings. The quantitative estimate of drug-likeness (QED) is 0.838. The zero-order valence-corrected chi connectivity index (χ0v) is 13.7. The molecule has 0 atom stereocenters. The van der Waals surface area contributed by atoms with E-state index >= 15 is 0 Å². The van der Waals surface area contributed by atoms with Crippen LogP contribution in [0.2, 0.25) is 0 Å². The van der Waals surface area contributed by atoms with Crippen LogP contribution in [0.15, 0.2) is 35.1 Å². The van der Waals surface area contributed by atoms with E-state index in [1.54, 1.807) is 0 Å². The summed E-state index contributed by atoms with van der Waals surface area (Å²) >= 11 is 0. The fraction of sp³-hybridized carbons (Fsp3) is 0.450. The summed E-state index contributed by atoms with van der Waals surface area (Å²) in [5.41, 5.74) is 6.62. The first-order chi connectivity index (χ1) is 10.8. The van der Waals surface area contributed by atoms with Crippen molar-refractivity contribution in [2.45, 2.75) is 58.9 Å². The minimum atomic E-state index is 0.240. The zero-order chi connectivity index (χ0) is 15.5. The number of benzene rings is 1. The molecule has 0 spiro atoms. The highest BCUT2D eigenvalue weighted by Crippen LogP contribution is 2.27. The molecule has 0 radical (unpaired) electrons. The molecule has 2 heteroatoms. The second kappa shape index (κ2) is 6.51. The highest BCUT2D eigenvalue weighted by atomic mass is 16.1. The summed E-state index contributed by atoms with van der Waals surface area (Å²) in [6.07, 6.45) is 6.50. The second-order valence-electron chi connectivity index (χ2n) is 6.17. The van der Waals surface area contributed by atoms with Crippen molar-refractivity contribution >= 4 is 0 Å². The van der Waals surface area contributed by atoms with Crippen molar-refractivity contribution in [1.82, 2.24) is 4.57 Å². The fourth-order valence-corrected chi connectivity index (χ4v) is 3.84. The predicted octanol–water partition coefficient (Wildman–Crippen LogP) is 3.90. The van der Waals surface area contributed by atoms with Crippen LogP contribution in [0.1, 0.15) is 54.6 Å². The third kappa shape index (κ3) is 2.63. The molecular weight excluding hydrogens is 270 g/mol. The lowest BCUT2D eigenvalue weighted by Crippen LogP contribution is -2.31. The summed E-state index contributed by atoms with van der Waals surface area (Å²) < 4.78 is 2.04. The number of nitrogens with zero attached hydrogens (tertiary/aromatic N) is 1. The molecule has 2 nitrogen and oxygen atoms in total. The highest BCUT2D eigenvalue weighted by Gasteiger charge is 2.21. The van der Waals surface area contributed by atoms with E-state index in [0.717, 1.165) is 31.2 Å². The average molecular weight is 295 g/mol. The van der Waals surface area contributed by atoms with Crippen molar-refractivity contribution in [2.75, 3.05) is 0 Å². The van der Waals surface area contributed by atoms with Crippen molar-refractivity contribution in [3.63, 3.8) is 0 Å². The van der Waals surface area contributed by atoms with E-state index < -0.39 is 0 Å². The van der Waals surface area contributed by atoms with E-state index in [-0.39, 0.29) is 5.56 Å². The van der Waals surface area contributed by atoms with Gasteiger partial charge in [-0.25, -0.2) is 0 Å². The second-order valence-corrected chi connectivity index (χ2v) is 6.17. The van der Waals surface area contributed by atoms with Crippen molar-refractivity contribution < 1.29 is 0 Å². The predicted molar refractivity (Wildman–Crippen MR) is 91.6 cm³/mol. The van der Waals surface area contributed by atoms with E-state index in [1.165, 1.54) is 35.2 Å². The van der Waals surface area contributed by atoms with Gasteiger partial charge in [0.05, 0.1) is 6.54 Å². The van der Waals surface area contributed by atoms with Gasteiger partial charge in [-0.05, 0) is 55.2 Å². The summed E-state index contributed by atoms with van der Waals surface area (Å²) in [6.45, 7) is 4.99. The maximum absolute atomic E-state index is 13.0. The Morgan fingerprint density at radius 1 is 0.955 bits per heavy atom. The van der Waals surface area contributed by atoms with Gasteiger partial charge in [0.15, 0.2) is 0 Å². The van der Waals surface area contributed by atoms with Gasteiger partial charge in [0, 0.05) is 11.3 Å². The Hall–Kier alpha value is -1.83. The number of hydrogen-bond acceptors (Lipinski definition) is 1. The number of pyridine rings is 1. The van der Waals surface area contributed by atoms with Crippen molar-refractivity contribution in [3.8, 4) is 0 Å². The summed E-state index contributed by atoms with van der Waals surface area (Å²) in [7, 11) is 0. The highest BCUT2D eigenvalue weighted by molar-refractivity contribution is 5.40. The molecule has 1 aliphatic rings. The van der Waals surface area contributed by atoms with Crippen LogP contribution >= 0.6 is 0 Å². The summed E-state index contributed by atoms with van der Waals surface area (Å²) in [5.74, 6) is 0. The molecule has 0 bridgehead atoms. The molecule has 22 heavy (non-hydrogen) atoms.